The van der Waals surface area contributed by atoms with E-state index in [0.717, 1.165) is 30.8 Å². The van der Waals surface area contributed by atoms with Crippen LogP contribution in [0.25, 0.3) is 11.3 Å². The summed E-state index contributed by atoms with van der Waals surface area (Å²) in [4.78, 5) is 19.4. The highest BCUT2D eigenvalue weighted by molar-refractivity contribution is 7.98. The number of hydrogen-bond donors (Lipinski definition) is 0. The number of Topliss-reactive ketones (excluding diaryl/α,β-unsaturated/α-hetero) is 1. The van der Waals surface area contributed by atoms with Crippen molar-refractivity contribution in [3.8, 4) is 11.3 Å². The molecule has 2 aromatic heterocycles. The summed E-state index contributed by atoms with van der Waals surface area (Å²) in [5.41, 5.74) is -0.913. The Morgan fingerprint density at radius 3 is 2.74 bits per heavy atom. The third-order valence-electron chi connectivity index (χ3n) is 3.51. The summed E-state index contributed by atoms with van der Waals surface area (Å²) in [6.45, 7) is 0.0759. The third kappa shape index (κ3) is 3.54. The first-order valence-corrected chi connectivity index (χ1v) is 8.14. The fraction of sp³-hybridized carbons (Fsp3) is 0.429. The van der Waals surface area contributed by atoms with Crippen molar-refractivity contribution < 1.29 is 18.0 Å². The van der Waals surface area contributed by atoms with Gasteiger partial charge < -0.3 is 0 Å². The predicted molar refractivity (Wildman–Crippen MR) is 77.8 cm³/mol. The fourth-order valence-corrected chi connectivity index (χ4v) is 2.50. The first kappa shape index (κ1) is 16.0. The van der Waals surface area contributed by atoms with Crippen LogP contribution in [0, 0.1) is 5.92 Å². The van der Waals surface area contributed by atoms with Crippen LogP contribution >= 0.6 is 11.8 Å². The average molecular weight is 342 g/mol. The Morgan fingerprint density at radius 1 is 1.39 bits per heavy atom. The van der Waals surface area contributed by atoms with E-state index < -0.39 is 11.7 Å². The molecule has 0 saturated heterocycles. The van der Waals surface area contributed by atoms with Crippen LogP contribution in [0.3, 0.4) is 0 Å². The number of rotatable bonds is 5. The quantitative estimate of drug-likeness (QED) is 0.617. The molecule has 5 nitrogen and oxygen atoms in total. The van der Waals surface area contributed by atoms with Crippen molar-refractivity contribution in [3.63, 3.8) is 0 Å². The number of nitrogens with zero attached hydrogens (tertiary/aromatic N) is 4. The normalized spacial score (nSPS) is 15.0. The van der Waals surface area contributed by atoms with E-state index >= 15 is 0 Å². The van der Waals surface area contributed by atoms with Gasteiger partial charge in [-0.2, -0.15) is 18.3 Å². The number of hydrogen-bond acceptors (Lipinski definition) is 5. The van der Waals surface area contributed by atoms with E-state index in [4.69, 9.17) is 0 Å². The van der Waals surface area contributed by atoms with Crippen molar-refractivity contribution in [2.75, 3.05) is 6.26 Å². The summed E-state index contributed by atoms with van der Waals surface area (Å²) in [6, 6.07) is 0. The second-order valence-corrected chi connectivity index (χ2v) is 6.06. The molecule has 9 heteroatoms. The molecule has 0 aliphatic heterocycles. The highest BCUT2D eigenvalue weighted by atomic mass is 32.2. The van der Waals surface area contributed by atoms with E-state index in [2.05, 4.69) is 15.1 Å². The van der Waals surface area contributed by atoms with Crippen molar-refractivity contribution in [1.82, 2.24) is 19.7 Å². The Balaban J connectivity index is 1.93. The maximum absolute atomic E-state index is 13.1. The Labute approximate surface area is 134 Å². The molecule has 0 bridgehead atoms. The summed E-state index contributed by atoms with van der Waals surface area (Å²) in [7, 11) is 0. The highest BCUT2D eigenvalue weighted by Gasteiger charge is 2.36. The Hall–Kier alpha value is -1.90. The minimum Gasteiger partial charge on any atom is -0.297 e. The molecule has 0 N–H and O–H groups in total. The summed E-state index contributed by atoms with van der Waals surface area (Å²) in [5.74, 6) is 0.138. The zero-order chi connectivity index (χ0) is 16.6. The SMILES string of the molecule is CSc1ncc(C(F)(F)F)c(-c2cnn(CC(=O)C3CC3)c2)n1. The predicted octanol–water partition coefficient (Wildman–Crippen LogP) is 3.06. The molecule has 1 saturated carbocycles. The Morgan fingerprint density at radius 2 is 2.13 bits per heavy atom. The van der Waals surface area contributed by atoms with E-state index in [9.17, 15) is 18.0 Å². The van der Waals surface area contributed by atoms with Crippen LogP contribution in [0.5, 0.6) is 0 Å². The number of ketones is 1. The third-order valence-corrected chi connectivity index (χ3v) is 4.07. The van der Waals surface area contributed by atoms with E-state index in [1.807, 2.05) is 0 Å². The molecule has 0 aromatic carbocycles. The molecule has 122 valence electrons. The number of carbonyl (C=O) groups is 1. The minimum atomic E-state index is -4.56. The van der Waals surface area contributed by atoms with Crippen LogP contribution in [0.15, 0.2) is 23.7 Å². The number of thioether (sulfide) groups is 1. The fourth-order valence-electron chi connectivity index (χ4n) is 2.16. The van der Waals surface area contributed by atoms with Gasteiger partial charge in [0.05, 0.1) is 18.4 Å². The van der Waals surface area contributed by atoms with Crippen molar-refractivity contribution in [2.24, 2.45) is 5.92 Å². The smallest absolute Gasteiger partial charge is 0.297 e. The Kier molecular flexibility index (Phi) is 4.13. The largest absolute Gasteiger partial charge is 0.419 e. The second kappa shape index (κ2) is 5.95. The summed E-state index contributed by atoms with van der Waals surface area (Å²) in [5, 5.41) is 4.23. The van der Waals surface area contributed by atoms with Gasteiger partial charge in [-0.15, -0.1) is 0 Å². The molecular formula is C14H13F3N4OS. The first-order chi connectivity index (χ1) is 10.9. The molecule has 23 heavy (non-hydrogen) atoms. The van der Waals surface area contributed by atoms with Crippen molar-refractivity contribution >= 4 is 17.5 Å². The molecule has 0 unspecified atom stereocenters. The molecule has 2 aromatic rings. The number of alkyl halides is 3. The number of aromatic nitrogens is 4. The van der Waals surface area contributed by atoms with Crippen LogP contribution in [0.1, 0.15) is 18.4 Å². The van der Waals surface area contributed by atoms with Crippen LogP contribution in [0.2, 0.25) is 0 Å². The Bertz CT molecular complexity index is 740. The van der Waals surface area contributed by atoms with Gasteiger partial charge in [0.15, 0.2) is 10.9 Å². The molecule has 1 aliphatic rings. The van der Waals surface area contributed by atoms with Gasteiger partial charge in [0.1, 0.15) is 5.56 Å². The van der Waals surface area contributed by atoms with Crippen LogP contribution < -0.4 is 0 Å². The monoisotopic (exact) mass is 342 g/mol. The number of carbonyl (C=O) groups excluding carboxylic acids is 1. The first-order valence-electron chi connectivity index (χ1n) is 6.92. The minimum absolute atomic E-state index is 0.0585. The molecule has 3 rings (SSSR count). The summed E-state index contributed by atoms with van der Waals surface area (Å²) in [6.07, 6.45) is 2.38. The van der Waals surface area contributed by atoms with Crippen LogP contribution in [0.4, 0.5) is 13.2 Å². The van der Waals surface area contributed by atoms with Crippen molar-refractivity contribution in [1.29, 1.82) is 0 Å². The van der Waals surface area contributed by atoms with Gasteiger partial charge in [0.25, 0.3) is 0 Å². The molecular weight excluding hydrogens is 329 g/mol. The average Bonchev–Trinajstić information content (AvgIpc) is 3.26. The van der Waals surface area contributed by atoms with Gasteiger partial charge >= 0.3 is 6.18 Å². The zero-order valence-electron chi connectivity index (χ0n) is 12.2. The molecule has 1 fully saturated rings. The lowest BCUT2D eigenvalue weighted by atomic mass is 10.1. The lowest BCUT2D eigenvalue weighted by Crippen LogP contribution is -2.12. The van der Waals surface area contributed by atoms with Crippen molar-refractivity contribution in [3.05, 3.63) is 24.2 Å². The van der Waals surface area contributed by atoms with E-state index in [1.165, 1.54) is 17.1 Å². The van der Waals surface area contributed by atoms with Gasteiger partial charge in [0.2, 0.25) is 0 Å². The second-order valence-electron chi connectivity index (χ2n) is 5.28. The molecule has 0 atom stereocenters. The lowest BCUT2D eigenvalue weighted by molar-refractivity contribution is -0.137. The van der Waals surface area contributed by atoms with Crippen molar-refractivity contribution in [2.45, 2.75) is 30.7 Å². The lowest BCUT2D eigenvalue weighted by Gasteiger charge is -2.11. The van der Waals surface area contributed by atoms with Gasteiger partial charge in [-0.25, -0.2) is 9.97 Å². The van der Waals surface area contributed by atoms with Gasteiger partial charge in [-0.05, 0) is 19.1 Å². The van der Waals surface area contributed by atoms with E-state index in [0.29, 0.717) is 0 Å². The van der Waals surface area contributed by atoms with E-state index in [-0.39, 0.29) is 34.7 Å². The van der Waals surface area contributed by atoms with Gasteiger partial charge in [0, 0.05) is 23.9 Å². The molecule has 0 amide bonds. The zero-order valence-corrected chi connectivity index (χ0v) is 13.0. The molecule has 2 heterocycles. The van der Waals surface area contributed by atoms with Gasteiger partial charge in [-0.1, -0.05) is 11.8 Å². The number of halogens is 3. The van der Waals surface area contributed by atoms with Crippen LogP contribution in [-0.2, 0) is 17.5 Å². The van der Waals surface area contributed by atoms with Gasteiger partial charge in [-0.3, -0.25) is 9.48 Å². The maximum Gasteiger partial charge on any atom is 0.419 e. The van der Waals surface area contributed by atoms with Crippen LogP contribution in [-0.4, -0.2) is 31.8 Å². The van der Waals surface area contributed by atoms with E-state index in [1.54, 1.807) is 6.26 Å². The molecule has 0 radical (unpaired) electrons. The standard InChI is InChI=1S/C14H13F3N4OS/c1-23-13-18-5-10(14(15,16)17)12(20-13)9-4-19-21(6-9)7-11(22)8-2-3-8/h4-6,8H,2-3,7H2,1H3. The summed E-state index contributed by atoms with van der Waals surface area (Å²) < 4.78 is 40.8. The molecule has 0 spiro atoms. The highest BCUT2D eigenvalue weighted by Crippen LogP contribution is 2.36. The molecule has 1 aliphatic carbocycles. The summed E-state index contributed by atoms with van der Waals surface area (Å²) >= 11 is 1.16. The maximum atomic E-state index is 13.1. The topological polar surface area (TPSA) is 60.7 Å².